The number of amides is 2. The maximum Gasteiger partial charge on any atom is 0.226 e. The van der Waals surface area contributed by atoms with Crippen molar-refractivity contribution in [1.82, 2.24) is 0 Å². The monoisotopic (exact) mass is 367 g/mol. The van der Waals surface area contributed by atoms with Crippen molar-refractivity contribution in [3.8, 4) is 0 Å². The van der Waals surface area contributed by atoms with Crippen LogP contribution in [0.3, 0.4) is 0 Å². The molecule has 0 fully saturated rings. The zero-order valence-corrected chi connectivity index (χ0v) is 16.8. The van der Waals surface area contributed by atoms with Gasteiger partial charge in [0.1, 0.15) is 0 Å². The van der Waals surface area contributed by atoms with Crippen molar-refractivity contribution in [3.63, 3.8) is 0 Å². The Morgan fingerprint density at radius 2 is 1.56 bits per heavy atom. The summed E-state index contributed by atoms with van der Waals surface area (Å²) in [6.45, 7) is 6.05. The lowest BCUT2D eigenvalue weighted by Gasteiger charge is -2.22. The van der Waals surface area contributed by atoms with Gasteiger partial charge < -0.3 is 15.1 Å². The molecule has 0 atom stereocenters. The molecule has 2 aromatic carbocycles. The van der Waals surface area contributed by atoms with Crippen LogP contribution in [0.25, 0.3) is 0 Å². The number of nitrogens with one attached hydrogen (secondary N) is 1. The van der Waals surface area contributed by atoms with E-state index in [2.05, 4.69) is 19.2 Å². The number of para-hydroxylation sites is 1. The number of anilines is 3. The summed E-state index contributed by atoms with van der Waals surface area (Å²) in [6.07, 6.45) is 0.238. The van der Waals surface area contributed by atoms with Crippen molar-refractivity contribution in [2.45, 2.75) is 33.1 Å². The summed E-state index contributed by atoms with van der Waals surface area (Å²) < 4.78 is 0. The summed E-state index contributed by atoms with van der Waals surface area (Å²) in [5.74, 6) is 0.146. The van der Waals surface area contributed by atoms with Gasteiger partial charge in [0.15, 0.2) is 0 Å². The number of carbonyl (C=O) groups is 2. The molecule has 5 heteroatoms. The highest BCUT2D eigenvalue weighted by Gasteiger charge is 2.15. The van der Waals surface area contributed by atoms with Gasteiger partial charge in [-0.1, -0.05) is 32.0 Å². The summed E-state index contributed by atoms with van der Waals surface area (Å²) in [4.78, 5) is 28.1. The minimum atomic E-state index is -0.0979. The van der Waals surface area contributed by atoms with E-state index in [1.807, 2.05) is 67.5 Å². The van der Waals surface area contributed by atoms with Crippen molar-refractivity contribution in [2.24, 2.45) is 0 Å². The van der Waals surface area contributed by atoms with E-state index in [1.165, 1.54) is 6.92 Å². The Hall–Kier alpha value is -2.82. The summed E-state index contributed by atoms with van der Waals surface area (Å²) >= 11 is 0. The predicted octanol–water partition coefficient (Wildman–Crippen LogP) is 4.26. The van der Waals surface area contributed by atoms with E-state index in [9.17, 15) is 9.59 Å². The summed E-state index contributed by atoms with van der Waals surface area (Å²) in [6, 6.07) is 15.6. The minimum Gasteiger partial charge on any atom is -0.378 e. The number of benzene rings is 2. The zero-order chi connectivity index (χ0) is 20.0. The Labute approximate surface area is 162 Å². The summed E-state index contributed by atoms with van der Waals surface area (Å²) in [5, 5.41) is 2.98. The molecule has 0 bridgehead atoms. The molecule has 0 aliphatic rings. The van der Waals surface area contributed by atoms with E-state index in [4.69, 9.17) is 0 Å². The molecule has 1 N–H and O–H groups in total. The van der Waals surface area contributed by atoms with E-state index < -0.39 is 0 Å². The predicted molar refractivity (Wildman–Crippen MR) is 113 cm³/mol. The fourth-order valence-electron chi connectivity index (χ4n) is 2.94. The van der Waals surface area contributed by atoms with Gasteiger partial charge in [-0.15, -0.1) is 0 Å². The molecule has 27 heavy (non-hydrogen) atoms. The van der Waals surface area contributed by atoms with Crippen LogP contribution in [0.1, 0.15) is 38.7 Å². The normalized spacial score (nSPS) is 10.6. The van der Waals surface area contributed by atoms with Crippen LogP contribution in [0.2, 0.25) is 0 Å². The molecule has 0 unspecified atom stereocenters. The van der Waals surface area contributed by atoms with E-state index >= 15 is 0 Å². The average Bonchev–Trinajstić information content (AvgIpc) is 2.62. The first-order valence-corrected chi connectivity index (χ1v) is 9.24. The van der Waals surface area contributed by atoms with Gasteiger partial charge in [-0.25, -0.2) is 0 Å². The van der Waals surface area contributed by atoms with Gasteiger partial charge in [0, 0.05) is 51.0 Å². The highest BCUT2D eigenvalue weighted by molar-refractivity contribution is 5.95. The van der Waals surface area contributed by atoms with Crippen molar-refractivity contribution in [1.29, 1.82) is 0 Å². The second kappa shape index (κ2) is 9.21. The average molecular weight is 367 g/mol. The quantitative estimate of drug-likeness (QED) is 0.796. The maximum absolute atomic E-state index is 12.4. The molecule has 0 aromatic heterocycles. The van der Waals surface area contributed by atoms with Gasteiger partial charge in [-0.3, -0.25) is 9.59 Å². The first-order chi connectivity index (χ1) is 12.8. The molecule has 5 nitrogen and oxygen atoms in total. The molecule has 0 heterocycles. The molecule has 2 amide bonds. The molecular formula is C22H29N3O2. The van der Waals surface area contributed by atoms with Crippen LogP contribution >= 0.6 is 0 Å². The highest BCUT2D eigenvalue weighted by Crippen LogP contribution is 2.24. The van der Waals surface area contributed by atoms with Crippen molar-refractivity contribution < 1.29 is 9.59 Å². The Balaban J connectivity index is 2.04. The lowest BCUT2D eigenvalue weighted by Crippen LogP contribution is -2.32. The Morgan fingerprint density at radius 3 is 2.11 bits per heavy atom. The third kappa shape index (κ3) is 5.58. The molecule has 0 aliphatic heterocycles. The fourth-order valence-corrected chi connectivity index (χ4v) is 2.94. The van der Waals surface area contributed by atoms with Gasteiger partial charge in [0.2, 0.25) is 11.8 Å². The molecule has 0 radical (unpaired) electrons. The Bertz CT molecular complexity index is 782. The fraction of sp³-hybridized carbons (Fsp3) is 0.364. The molecule has 144 valence electrons. The number of hydrogen-bond donors (Lipinski definition) is 1. The second-order valence-electron chi connectivity index (χ2n) is 7.12. The third-order valence-corrected chi connectivity index (χ3v) is 4.48. The standard InChI is InChI=1S/C22H29N3O2/c1-16(2)20-8-6-7-9-21(20)23-22(27)14-15-25(17(3)26)19-12-10-18(11-13-19)24(4)5/h6-13,16H,14-15H2,1-5H3,(H,23,27). The van der Waals surface area contributed by atoms with Crippen molar-refractivity contribution in [2.75, 3.05) is 35.8 Å². The Kier molecular flexibility index (Phi) is 6.99. The van der Waals surface area contributed by atoms with Gasteiger partial charge in [-0.2, -0.15) is 0 Å². The van der Waals surface area contributed by atoms with Crippen LogP contribution in [0.4, 0.5) is 17.1 Å². The summed E-state index contributed by atoms with van der Waals surface area (Å²) in [5.41, 5.74) is 3.80. The minimum absolute atomic E-state index is 0.0806. The highest BCUT2D eigenvalue weighted by atomic mass is 16.2. The van der Waals surface area contributed by atoms with Gasteiger partial charge in [0.05, 0.1) is 0 Å². The first-order valence-electron chi connectivity index (χ1n) is 9.24. The molecule has 0 aliphatic carbocycles. The molecule has 0 saturated carbocycles. The van der Waals surface area contributed by atoms with Crippen LogP contribution in [-0.4, -0.2) is 32.5 Å². The molecular weight excluding hydrogens is 338 g/mol. The smallest absolute Gasteiger partial charge is 0.226 e. The second-order valence-corrected chi connectivity index (χ2v) is 7.12. The zero-order valence-electron chi connectivity index (χ0n) is 16.8. The lowest BCUT2D eigenvalue weighted by atomic mass is 10.0. The SMILES string of the molecule is CC(=O)N(CCC(=O)Nc1ccccc1C(C)C)c1ccc(N(C)C)cc1. The number of nitrogens with zero attached hydrogens (tertiary/aromatic N) is 2. The maximum atomic E-state index is 12.4. The van der Waals surface area contributed by atoms with Crippen molar-refractivity contribution in [3.05, 3.63) is 54.1 Å². The van der Waals surface area contributed by atoms with Crippen LogP contribution in [0.5, 0.6) is 0 Å². The first kappa shape index (κ1) is 20.5. The van der Waals surface area contributed by atoms with Crippen LogP contribution in [0, 0.1) is 0 Å². The van der Waals surface area contributed by atoms with E-state index in [1.54, 1.807) is 4.90 Å². The Morgan fingerprint density at radius 1 is 0.963 bits per heavy atom. The van der Waals surface area contributed by atoms with E-state index in [0.29, 0.717) is 12.5 Å². The summed E-state index contributed by atoms with van der Waals surface area (Å²) in [7, 11) is 3.94. The van der Waals surface area contributed by atoms with Crippen LogP contribution < -0.4 is 15.1 Å². The third-order valence-electron chi connectivity index (χ3n) is 4.48. The largest absolute Gasteiger partial charge is 0.378 e. The number of carbonyl (C=O) groups excluding carboxylic acids is 2. The van der Waals surface area contributed by atoms with Gasteiger partial charge in [-0.05, 0) is 41.8 Å². The van der Waals surface area contributed by atoms with Gasteiger partial charge in [0.25, 0.3) is 0 Å². The van der Waals surface area contributed by atoms with E-state index in [0.717, 1.165) is 22.6 Å². The molecule has 0 spiro atoms. The lowest BCUT2D eigenvalue weighted by molar-refractivity contribution is -0.117. The molecule has 2 rings (SSSR count). The topological polar surface area (TPSA) is 52.7 Å². The molecule has 0 saturated heterocycles. The van der Waals surface area contributed by atoms with Crippen LogP contribution in [-0.2, 0) is 9.59 Å². The van der Waals surface area contributed by atoms with E-state index in [-0.39, 0.29) is 18.2 Å². The number of hydrogen-bond acceptors (Lipinski definition) is 3. The van der Waals surface area contributed by atoms with Crippen LogP contribution in [0.15, 0.2) is 48.5 Å². The van der Waals surface area contributed by atoms with Gasteiger partial charge >= 0.3 is 0 Å². The molecule has 2 aromatic rings. The number of rotatable bonds is 7. The van der Waals surface area contributed by atoms with Crippen molar-refractivity contribution >= 4 is 28.9 Å².